The molecule has 0 unspecified atom stereocenters. The van der Waals surface area contributed by atoms with Gasteiger partial charge in [-0.1, -0.05) is 55.1 Å². The summed E-state index contributed by atoms with van der Waals surface area (Å²) in [5.74, 6) is -1.69. The van der Waals surface area contributed by atoms with Crippen molar-refractivity contribution in [2.45, 2.75) is 11.8 Å². The summed E-state index contributed by atoms with van der Waals surface area (Å²) in [6, 6.07) is 22.8. The molecule has 0 radical (unpaired) electrons. The summed E-state index contributed by atoms with van der Waals surface area (Å²) in [4.78, 5) is 40.1. The van der Waals surface area contributed by atoms with Crippen molar-refractivity contribution in [3.8, 4) is 5.75 Å². The Morgan fingerprint density at radius 3 is 1.59 bits per heavy atom. The van der Waals surface area contributed by atoms with E-state index in [2.05, 4.69) is 30.8 Å². The first-order chi connectivity index (χ1) is 15.6. The van der Waals surface area contributed by atoms with Gasteiger partial charge in [-0.3, -0.25) is 9.59 Å². The van der Waals surface area contributed by atoms with E-state index in [0.717, 1.165) is 28.3 Å². The molecule has 0 spiro atoms. The van der Waals surface area contributed by atoms with E-state index in [0.29, 0.717) is 11.4 Å². The highest BCUT2D eigenvalue weighted by atomic mass is 16.5. The van der Waals surface area contributed by atoms with Gasteiger partial charge in [0.05, 0.1) is 17.5 Å². The zero-order valence-electron chi connectivity index (χ0n) is 17.1. The van der Waals surface area contributed by atoms with Crippen molar-refractivity contribution in [2.24, 2.45) is 11.8 Å². The molecular formula is C27H19NO4. The Hall–Kier alpha value is -3.99. The maximum absolute atomic E-state index is 13.7. The van der Waals surface area contributed by atoms with Crippen molar-refractivity contribution in [2.75, 3.05) is 4.90 Å². The van der Waals surface area contributed by atoms with Gasteiger partial charge in [0.2, 0.25) is 11.8 Å². The van der Waals surface area contributed by atoms with Crippen LogP contribution < -0.4 is 9.64 Å². The highest BCUT2D eigenvalue weighted by Crippen LogP contribution is 2.61. The van der Waals surface area contributed by atoms with Crippen LogP contribution in [0.5, 0.6) is 5.75 Å². The third kappa shape index (κ3) is 2.42. The number of amides is 2. The third-order valence-electron chi connectivity index (χ3n) is 6.93. The molecule has 5 nitrogen and oxygen atoms in total. The lowest BCUT2D eigenvalue weighted by Gasteiger charge is -2.45. The second-order valence-corrected chi connectivity index (χ2v) is 8.40. The lowest BCUT2D eigenvalue weighted by atomic mass is 9.55. The van der Waals surface area contributed by atoms with Gasteiger partial charge in [-0.2, -0.15) is 0 Å². The number of anilines is 1. The van der Waals surface area contributed by atoms with Gasteiger partial charge in [0, 0.05) is 17.9 Å². The second kappa shape index (κ2) is 6.76. The number of carbonyl (C=O) groups excluding carboxylic acids is 3. The Labute approximate surface area is 184 Å². The molecule has 1 saturated heterocycles. The predicted octanol–water partition coefficient (Wildman–Crippen LogP) is 4.17. The standard InChI is InChI=1S/C27H19NO4/c1-2-21(29)32-16-13-11-15(12-14-16)28-26(30)24-22-17-7-3-4-8-18(17)23(25(24)27(28)31)20-10-6-5-9-19(20)22/h2-14,22-25H,1H2/t22?,23?,24-,25-/m0/s1. The van der Waals surface area contributed by atoms with Crippen LogP contribution in [-0.2, 0) is 14.4 Å². The van der Waals surface area contributed by atoms with Crippen molar-refractivity contribution >= 4 is 23.5 Å². The van der Waals surface area contributed by atoms with Gasteiger partial charge in [0.25, 0.3) is 0 Å². The highest BCUT2D eigenvalue weighted by Gasteiger charge is 2.61. The molecule has 2 atom stereocenters. The smallest absolute Gasteiger partial charge is 0.335 e. The fraction of sp³-hybridized carbons (Fsp3) is 0.148. The molecule has 7 rings (SSSR count). The first-order valence-corrected chi connectivity index (χ1v) is 10.6. The van der Waals surface area contributed by atoms with E-state index in [1.165, 1.54) is 4.90 Å². The van der Waals surface area contributed by atoms with Crippen LogP contribution in [0, 0.1) is 11.8 Å². The summed E-state index contributed by atoms with van der Waals surface area (Å²) >= 11 is 0. The van der Waals surface area contributed by atoms with Crippen molar-refractivity contribution < 1.29 is 19.1 Å². The van der Waals surface area contributed by atoms with Crippen LogP contribution in [0.1, 0.15) is 34.1 Å². The first kappa shape index (κ1) is 18.8. The highest BCUT2D eigenvalue weighted by molar-refractivity contribution is 6.23. The molecule has 1 fully saturated rings. The van der Waals surface area contributed by atoms with Crippen LogP contribution in [0.25, 0.3) is 0 Å². The maximum Gasteiger partial charge on any atom is 0.335 e. The molecular weight excluding hydrogens is 402 g/mol. The molecule has 4 aliphatic rings. The summed E-state index contributed by atoms with van der Waals surface area (Å²) in [7, 11) is 0. The second-order valence-electron chi connectivity index (χ2n) is 8.40. The number of hydrogen-bond acceptors (Lipinski definition) is 4. The summed E-state index contributed by atoms with van der Waals surface area (Å²) in [5.41, 5.74) is 5.07. The molecule has 2 bridgehead atoms. The molecule has 5 heteroatoms. The minimum atomic E-state index is -0.566. The van der Waals surface area contributed by atoms with Gasteiger partial charge >= 0.3 is 5.97 Å². The van der Waals surface area contributed by atoms with Crippen LogP contribution >= 0.6 is 0 Å². The molecule has 3 aromatic carbocycles. The number of carbonyl (C=O) groups is 3. The third-order valence-corrected chi connectivity index (χ3v) is 6.93. The van der Waals surface area contributed by atoms with E-state index in [-0.39, 0.29) is 23.7 Å². The van der Waals surface area contributed by atoms with E-state index in [1.54, 1.807) is 24.3 Å². The fourth-order valence-electron chi connectivity index (χ4n) is 5.75. The molecule has 0 aromatic heterocycles. The topological polar surface area (TPSA) is 63.7 Å². The quantitative estimate of drug-likeness (QED) is 0.276. The molecule has 3 aromatic rings. The van der Waals surface area contributed by atoms with Gasteiger partial charge in [0.15, 0.2) is 0 Å². The number of rotatable bonds is 3. The zero-order valence-corrected chi connectivity index (χ0v) is 17.1. The summed E-state index contributed by atoms with van der Waals surface area (Å²) in [6.45, 7) is 3.38. The zero-order chi connectivity index (χ0) is 22.0. The minimum absolute atomic E-state index is 0.133. The van der Waals surface area contributed by atoms with Gasteiger partial charge in [-0.15, -0.1) is 0 Å². The van der Waals surface area contributed by atoms with E-state index in [9.17, 15) is 14.4 Å². The van der Waals surface area contributed by atoms with Crippen molar-refractivity contribution in [3.63, 3.8) is 0 Å². The molecule has 32 heavy (non-hydrogen) atoms. The minimum Gasteiger partial charge on any atom is -0.423 e. The molecule has 0 N–H and O–H groups in total. The normalized spacial score (nSPS) is 24.6. The van der Waals surface area contributed by atoms with Gasteiger partial charge in [-0.25, -0.2) is 9.69 Å². The lowest BCUT2D eigenvalue weighted by Crippen LogP contribution is -2.41. The molecule has 3 aliphatic carbocycles. The van der Waals surface area contributed by atoms with Gasteiger partial charge in [0.1, 0.15) is 5.75 Å². The number of nitrogens with zero attached hydrogens (tertiary/aromatic N) is 1. The SMILES string of the molecule is C=CC(=O)Oc1ccc(N2C(=O)[C@H]3C4c5ccccc5C(c5ccccc54)[C@@H]3C2=O)cc1. The molecule has 156 valence electrons. The summed E-state index contributed by atoms with van der Waals surface area (Å²) in [5, 5.41) is 0. The maximum atomic E-state index is 13.7. The van der Waals surface area contributed by atoms with Crippen molar-refractivity contribution in [1.82, 2.24) is 0 Å². The monoisotopic (exact) mass is 421 g/mol. The van der Waals surface area contributed by atoms with Crippen LogP contribution in [0.2, 0.25) is 0 Å². The summed E-state index contributed by atoms with van der Waals surface area (Å²) in [6.07, 6.45) is 1.08. The number of hydrogen-bond donors (Lipinski definition) is 0. The van der Waals surface area contributed by atoms with E-state index in [1.807, 2.05) is 24.3 Å². The molecule has 2 amide bonds. The molecule has 1 heterocycles. The molecule has 1 aliphatic heterocycles. The summed E-state index contributed by atoms with van der Waals surface area (Å²) < 4.78 is 5.11. The largest absolute Gasteiger partial charge is 0.423 e. The first-order valence-electron chi connectivity index (χ1n) is 10.6. The number of ether oxygens (including phenoxy) is 1. The number of esters is 1. The predicted molar refractivity (Wildman–Crippen MR) is 118 cm³/mol. The Bertz CT molecular complexity index is 1190. The number of benzene rings is 3. The van der Waals surface area contributed by atoms with E-state index < -0.39 is 17.8 Å². The average molecular weight is 421 g/mol. The lowest BCUT2D eigenvalue weighted by molar-refractivity contribution is -0.129. The van der Waals surface area contributed by atoms with Crippen LogP contribution in [-0.4, -0.2) is 17.8 Å². The average Bonchev–Trinajstić information content (AvgIpc) is 3.10. The Morgan fingerprint density at radius 1 is 0.750 bits per heavy atom. The van der Waals surface area contributed by atoms with Crippen LogP contribution in [0.3, 0.4) is 0 Å². The Balaban J connectivity index is 1.43. The van der Waals surface area contributed by atoms with E-state index in [4.69, 9.17) is 4.74 Å². The van der Waals surface area contributed by atoms with Crippen LogP contribution in [0.4, 0.5) is 5.69 Å². The fourth-order valence-corrected chi connectivity index (χ4v) is 5.75. The van der Waals surface area contributed by atoms with Gasteiger partial charge < -0.3 is 4.74 Å². The van der Waals surface area contributed by atoms with Crippen LogP contribution in [0.15, 0.2) is 85.5 Å². The molecule has 0 saturated carbocycles. The Morgan fingerprint density at radius 2 is 1.19 bits per heavy atom. The van der Waals surface area contributed by atoms with Crippen molar-refractivity contribution in [3.05, 3.63) is 108 Å². The Kier molecular flexibility index (Phi) is 3.96. The van der Waals surface area contributed by atoms with Crippen molar-refractivity contribution in [1.29, 1.82) is 0 Å². The number of imide groups is 1. The van der Waals surface area contributed by atoms with E-state index >= 15 is 0 Å². The van der Waals surface area contributed by atoms with Gasteiger partial charge in [-0.05, 0) is 46.5 Å².